The number of rotatable bonds is 7. The second-order valence-electron chi connectivity index (χ2n) is 5.94. The Bertz CT molecular complexity index is 683. The van der Waals surface area contributed by atoms with E-state index in [0.717, 1.165) is 16.7 Å². The Morgan fingerprint density at radius 2 is 1.71 bits per heavy atom. The first-order chi connectivity index (χ1) is 11.5. The van der Waals surface area contributed by atoms with Gasteiger partial charge in [0.15, 0.2) is 0 Å². The van der Waals surface area contributed by atoms with E-state index in [-0.39, 0.29) is 11.8 Å². The number of amides is 2. The molecule has 0 fully saturated rings. The van der Waals surface area contributed by atoms with E-state index in [1.54, 1.807) is 11.8 Å². The van der Waals surface area contributed by atoms with E-state index in [0.29, 0.717) is 26.1 Å². The molecular weight excluding hydrogens is 300 g/mol. The van der Waals surface area contributed by atoms with Gasteiger partial charge in [-0.15, -0.1) is 0 Å². The molecule has 24 heavy (non-hydrogen) atoms. The maximum Gasteiger partial charge on any atom is 0.224 e. The van der Waals surface area contributed by atoms with Crippen molar-refractivity contribution < 1.29 is 9.59 Å². The zero-order valence-electron chi connectivity index (χ0n) is 14.3. The standard InChI is InChI=1S/C20H24N2O2/c1-16-7-6-10-19(13-16)14-20(24)21-11-12-22(17(2)23)15-18-8-4-3-5-9-18/h3-10,13H,11-12,14-15H2,1-2H3,(H,21,24). The highest BCUT2D eigenvalue weighted by Gasteiger charge is 2.10. The highest BCUT2D eigenvalue weighted by atomic mass is 16.2. The van der Waals surface area contributed by atoms with Crippen molar-refractivity contribution in [3.63, 3.8) is 0 Å². The number of nitrogens with zero attached hydrogens (tertiary/aromatic N) is 1. The molecular formula is C20H24N2O2. The van der Waals surface area contributed by atoms with Gasteiger partial charge in [-0.1, -0.05) is 60.2 Å². The van der Waals surface area contributed by atoms with Crippen LogP contribution in [-0.2, 0) is 22.6 Å². The van der Waals surface area contributed by atoms with Gasteiger partial charge in [-0.2, -0.15) is 0 Å². The predicted octanol–water partition coefficient (Wildman–Crippen LogP) is 2.70. The average Bonchev–Trinajstić information content (AvgIpc) is 2.54. The smallest absolute Gasteiger partial charge is 0.224 e. The number of hydrogen-bond acceptors (Lipinski definition) is 2. The van der Waals surface area contributed by atoms with Gasteiger partial charge in [-0.05, 0) is 18.1 Å². The van der Waals surface area contributed by atoms with Crippen molar-refractivity contribution in [1.82, 2.24) is 10.2 Å². The lowest BCUT2D eigenvalue weighted by atomic mass is 10.1. The summed E-state index contributed by atoms with van der Waals surface area (Å²) in [5.74, 6) is -0.0180. The molecule has 2 aromatic rings. The molecule has 0 bridgehead atoms. The number of carbonyl (C=O) groups is 2. The largest absolute Gasteiger partial charge is 0.354 e. The van der Waals surface area contributed by atoms with Crippen LogP contribution in [0.25, 0.3) is 0 Å². The average molecular weight is 324 g/mol. The molecule has 0 unspecified atom stereocenters. The fourth-order valence-electron chi connectivity index (χ4n) is 2.55. The molecule has 2 amide bonds. The first kappa shape index (κ1) is 17.7. The Balaban J connectivity index is 1.80. The van der Waals surface area contributed by atoms with Gasteiger partial charge in [-0.3, -0.25) is 9.59 Å². The second-order valence-corrected chi connectivity index (χ2v) is 5.94. The summed E-state index contributed by atoms with van der Waals surface area (Å²) in [7, 11) is 0. The van der Waals surface area contributed by atoms with Crippen LogP contribution in [0.5, 0.6) is 0 Å². The van der Waals surface area contributed by atoms with E-state index in [9.17, 15) is 9.59 Å². The summed E-state index contributed by atoms with van der Waals surface area (Å²) >= 11 is 0. The molecule has 2 aromatic carbocycles. The van der Waals surface area contributed by atoms with Crippen LogP contribution in [-0.4, -0.2) is 29.8 Å². The minimum atomic E-state index is -0.0242. The van der Waals surface area contributed by atoms with Crippen molar-refractivity contribution in [2.75, 3.05) is 13.1 Å². The summed E-state index contributed by atoms with van der Waals surface area (Å²) in [5.41, 5.74) is 3.23. The molecule has 4 heteroatoms. The van der Waals surface area contributed by atoms with Crippen LogP contribution in [0.3, 0.4) is 0 Å². The van der Waals surface area contributed by atoms with Crippen LogP contribution < -0.4 is 5.32 Å². The van der Waals surface area contributed by atoms with Crippen LogP contribution in [0.2, 0.25) is 0 Å². The first-order valence-electron chi connectivity index (χ1n) is 8.16. The van der Waals surface area contributed by atoms with Crippen molar-refractivity contribution in [3.05, 3.63) is 71.3 Å². The third-order valence-corrected chi connectivity index (χ3v) is 3.81. The summed E-state index contributed by atoms with van der Waals surface area (Å²) in [6.07, 6.45) is 0.362. The zero-order valence-corrected chi connectivity index (χ0v) is 14.3. The number of hydrogen-bond donors (Lipinski definition) is 1. The monoisotopic (exact) mass is 324 g/mol. The fraction of sp³-hybridized carbons (Fsp3) is 0.300. The zero-order chi connectivity index (χ0) is 17.4. The van der Waals surface area contributed by atoms with Gasteiger partial charge < -0.3 is 10.2 Å². The first-order valence-corrected chi connectivity index (χ1v) is 8.16. The number of aryl methyl sites for hydroxylation is 1. The van der Waals surface area contributed by atoms with Gasteiger partial charge in [0.1, 0.15) is 0 Å². The summed E-state index contributed by atoms with van der Waals surface area (Å²) in [6, 6.07) is 17.8. The summed E-state index contributed by atoms with van der Waals surface area (Å²) in [5, 5.41) is 2.89. The van der Waals surface area contributed by atoms with Crippen LogP contribution >= 0.6 is 0 Å². The second kappa shape index (κ2) is 8.87. The van der Waals surface area contributed by atoms with Gasteiger partial charge in [0.05, 0.1) is 6.42 Å². The maximum atomic E-state index is 12.0. The van der Waals surface area contributed by atoms with E-state index in [1.807, 2.05) is 61.5 Å². The third kappa shape index (κ3) is 5.88. The lowest BCUT2D eigenvalue weighted by molar-refractivity contribution is -0.130. The molecule has 0 aliphatic rings. The van der Waals surface area contributed by atoms with Crippen molar-refractivity contribution in [2.24, 2.45) is 0 Å². The molecule has 0 spiro atoms. The van der Waals surface area contributed by atoms with Crippen molar-refractivity contribution >= 4 is 11.8 Å². The Morgan fingerprint density at radius 1 is 1.00 bits per heavy atom. The lowest BCUT2D eigenvalue weighted by Crippen LogP contribution is -2.37. The summed E-state index contributed by atoms with van der Waals surface area (Å²) in [4.78, 5) is 25.5. The Hall–Kier alpha value is -2.62. The normalized spacial score (nSPS) is 10.2. The van der Waals surface area contributed by atoms with E-state index >= 15 is 0 Å². The Kier molecular flexibility index (Phi) is 6.55. The van der Waals surface area contributed by atoms with Crippen molar-refractivity contribution in [2.45, 2.75) is 26.8 Å². The molecule has 0 radical (unpaired) electrons. The minimum absolute atomic E-state index is 0.00628. The molecule has 126 valence electrons. The van der Waals surface area contributed by atoms with Gasteiger partial charge in [0, 0.05) is 26.6 Å². The van der Waals surface area contributed by atoms with E-state index in [2.05, 4.69) is 5.32 Å². The molecule has 0 saturated heterocycles. The lowest BCUT2D eigenvalue weighted by Gasteiger charge is -2.21. The minimum Gasteiger partial charge on any atom is -0.354 e. The number of carbonyl (C=O) groups excluding carboxylic acids is 2. The summed E-state index contributed by atoms with van der Waals surface area (Å²) < 4.78 is 0. The topological polar surface area (TPSA) is 49.4 Å². The van der Waals surface area contributed by atoms with Crippen LogP contribution in [0.1, 0.15) is 23.6 Å². The Labute approximate surface area is 143 Å². The molecule has 0 aliphatic heterocycles. The van der Waals surface area contributed by atoms with Crippen LogP contribution in [0, 0.1) is 6.92 Å². The third-order valence-electron chi connectivity index (χ3n) is 3.81. The SMILES string of the molecule is CC(=O)N(CCNC(=O)Cc1cccc(C)c1)Cc1ccccc1. The van der Waals surface area contributed by atoms with E-state index in [1.165, 1.54) is 0 Å². The number of nitrogens with one attached hydrogen (secondary N) is 1. The van der Waals surface area contributed by atoms with E-state index < -0.39 is 0 Å². The molecule has 0 saturated carbocycles. The quantitative estimate of drug-likeness (QED) is 0.851. The number of benzene rings is 2. The van der Waals surface area contributed by atoms with Gasteiger partial charge in [-0.25, -0.2) is 0 Å². The highest BCUT2D eigenvalue weighted by molar-refractivity contribution is 5.78. The van der Waals surface area contributed by atoms with Crippen LogP contribution in [0.4, 0.5) is 0 Å². The molecule has 2 rings (SSSR count). The molecule has 0 aromatic heterocycles. The maximum absolute atomic E-state index is 12.0. The summed E-state index contributed by atoms with van der Waals surface area (Å²) in [6.45, 7) is 5.08. The van der Waals surface area contributed by atoms with E-state index in [4.69, 9.17) is 0 Å². The molecule has 1 N–H and O–H groups in total. The molecule has 0 atom stereocenters. The molecule has 4 nitrogen and oxygen atoms in total. The molecule has 0 aliphatic carbocycles. The Morgan fingerprint density at radius 3 is 2.38 bits per heavy atom. The van der Waals surface area contributed by atoms with Gasteiger partial charge in [0.25, 0.3) is 0 Å². The van der Waals surface area contributed by atoms with Gasteiger partial charge in [0.2, 0.25) is 11.8 Å². The van der Waals surface area contributed by atoms with Gasteiger partial charge >= 0.3 is 0 Å². The van der Waals surface area contributed by atoms with Crippen LogP contribution in [0.15, 0.2) is 54.6 Å². The van der Waals surface area contributed by atoms with Crippen molar-refractivity contribution in [1.29, 1.82) is 0 Å². The molecule has 0 heterocycles. The highest BCUT2D eigenvalue weighted by Crippen LogP contribution is 2.05. The predicted molar refractivity (Wildman–Crippen MR) is 95.4 cm³/mol. The van der Waals surface area contributed by atoms with Crippen molar-refractivity contribution in [3.8, 4) is 0 Å². The fourth-order valence-corrected chi connectivity index (χ4v) is 2.55.